The summed E-state index contributed by atoms with van der Waals surface area (Å²) in [6.45, 7) is 3.23. The maximum absolute atomic E-state index is 12.9. The molecule has 1 aromatic rings. The van der Waals surface area contributed by atoms with Crippen molar-refractivity contribution < 1.29 is 38.1 Å². The van der Waals surface area contributed by atoms with Gasteiger partial charge in [0.05, 0.1) is 0 Å². The van der Waals surface area contributed by atoms with E-state index in [2.05, 4.69) is 15.3 Å². The normalized spacial score (nSPS) is 25.2. The third kappa shape index (κ3) is 5.93. The molecule has 160 valence electrons. The third-order valence-electron chi connectivity index (χ3n) is 3.88. The fraction of sp³-hybridized carbons (Fsp3) is 0.444. The van der Waals surface area contributed by atoms with Gasteiger partial charge in [0.2, 0.25) is 0 Å². The monoisotopic (exact) mass is 420 g/mol. The van der Waals surface area contributed by atoms with Gasteiger partial charge in [-0.3, -0.25) is 19.2 Å². The molecule has 1 aliphatic rings. The summed E-state index contributed by atoms with van der Waals surface area (Å²) in [7, 11) is 0. The van der Waals surface area contributed by atoms with Crippen LogP contribution < -0.4 is 5.32 Å². The first kappa shape index (κ1) is 22.7. The van der Waals surface area contributed by atoms with Gasteiger partial charge in [0.25, 0.3) is 5.91 Å². The lowest BCUT2D eigenvalue weighted by atomic mass is 9.96. The first-order valence-corrected chi connectivity index (χ1v) is 8.80. The summed E-state index contributed by atoms with van der Waals surface area (Å²) in [6, 6.07) is 8.33. The highest BCUT2D eigenvalue weighted by molar-refractivity contribution is 5.95. The van der Waals surface area contributed by atoms with Crippen molar-refractivity contribution in [1.29, 1.82) is 0 Å². The number of para-hydroxylation sites is 1. The Morgan fingerprint density at radius 3 is 2.00 bits per heavy atom. The van der Waals surface area contributed by atoms with Gasteiger partial charge in [0.15, 0.2) is 30.6 Å². The lowest BCUT2D eigenvalue weighted by Gasteiger charge is -2.42. The Morgan fingerprint density at radius 1 is 0.933 bits per heavy atom. The molecule has 0 bridgehead atoms. The van der Waals surface area contributed by atoms with Crippen LogP contribution >= 0.6 is 0 Å². The Balaban J connectivity index is 2.45. The van der Waals surface area contributed by atoms with Crippen molar-refractivity contribution in [3.63, 3.8) is 0 Å². The Morgan fingerprint density at radius 2 is 1.47 bits per heavy atom. The summed E-state index contributed by atoms with van der Waals surface area (Å²) in [5, 5.41) is 5.97. The second kappa shape index (κ2) is 10.2. The molecule has 30 heavy (non-hydrogen) atoms. The van der Waals surface area contributed by atoms with Crippen LogP contribution in [-0.4, -0.2) is 54.5 Å². The highest BCUT2D eigenvalue weighted by Gasteiger charge is 2.54. The van der Waals surface area contributed by atoms with Crippen LogP contribution in [0, 0.1) is 0 Å². The van der Waals surface area contributed by atoms with E-state index in [1.807, 2.05) is 0 Å². The van der Waals surface area contributed by atoms with Crippen molar-refractivity contribution in [2.75, 3.05) is 5.32 Å². The van der Waals surface area contributed by atoms with Gasteiger partial charge in [-0.05, 0) is 17.7 Å². The fourth-order valence-corrected chi connectivity index (χ4v) is 2.88. The highest BCUT2D eigenvalue weighted by Crippen LogP contribution is 2.30. The number of nitrogens with one attached hydrogen (secondary N) is 1. The fourth-order valence-electron chi connectivity index (χ4n) is 2.88. The number of hydrogen-bond acceptors (Lipinski definition) is 9. The molecule has 1 fully saturated rings. The van der Waals surface area contributed by atoms with Crippen LogP contribution in [0.1, 0.15) is 20.8 Å². The number of esters is 3. The van der Waals surface area contributed by atoms with Crippen molar-refractivity contribution in [1.82, 2.24) is 0 Å². The van der Waals surface area contributed by atoms with E-state index >= 15 is 0 Å². The summed E-state index contributed by atoms with van der Waals surface area (Å²) in [4.78, 5) is 50.3. The summed E-state index contributed by atoms with van der Waals surface area (Å²) >= 11 is 0. The maximum atomic E-state index is 12.9. The van der Waals surface area contributed by atoms with Gasteiger partial charge in [-0.1, -0.05) is 23.3 Å². The second-order valence-electron chi connectivity index (χ2n) is 6.23. The average molecular weight is 420 g/mol. The summed E-state index contributed by atoms with van der Waals surface area (Å²) in [6.07, 6.45) is -7.47. The van der Waals surface area contributed by atoms with E-state index < -0.39 is 54.5 Å². The summed E-state index contributed by atoms with van der Waals surface area (Å²) in [5.41, 5.74) is 9.27. The summed E-state index contributed by atoms with van der Waals surface area (Å²) < 4.78 is 21.0. The lowest BCUT2D eigenvalue weighted by molar-refractivity contribution is -0.241. The number of amides is 1. The molecule has 1 N–H and O–H groups in total. The van der Waals surface area contributed by atoms with E-state index in [0.29, 0.717) is 5.69 Å². The van der Waals surface area contributed by atoms with E-state index in [0.717, 1.165) is 20.8 Å². The topological polar surface area (TPSA) is 166 Å². The first-order valence-electron chi connectivity index (χ1n) is 8.80. The zero-order chi connectivity index (χ0) is 22.3. The van der Waals surface area contributed by atoms with Crippen LogP contribution in [0.4, 0.5) is 5.69 Å². The van der Waals surface area contributed by atoms with Gasteiger partial charge in [-0.15, -0.1) is 0 Å². The molecule has 1 aliphatic heterocycles. The zero-order valence-corrected chi connectivity index (χ0v) is 16.4. The number of benzene rings is 1. The molecule has 12 heteroatoms. The molecule has 2 rings (SSSR count). The number of hydrogen-bond donors (Lipinski definition) is 1. The predicted molar refractivity (Wildman–Crippen MR) is 99.5 cm³/mol. The van der Waals surface area contributed by atoms with Gasteiger partial charge < -0.3 is 24.3 Å². The average Bonchev–Trinajstić information content (AvgIpc) is 2.66. The van der Waals surface area contributed by atoms with Crippen LogP contribution in [-0.2, 0) is 38.1 Å². The maximum Gasteiger partial charge on any atom is 0.303 e. The minimum absolute atomic E-state index is 0.416. The molecular weight excluding hydrogens is 400 g/mol. The molecule has 0 saturated carbocycles. The van der Waals surface area contributed by atoms with Crippen LogP contribution in [0.5, 0.6) is 0 Å². The van der Waals surface area contributed by atoms with Crippen molar-refractivity contribution in [2.45, 2.75) is 51.4 Å². The molecular formula is C18H20N4O8. The molecule has 0 radical (unpaired) electrons. The van der Waals surface area contributed by atoms with Gasteiger partial charge >= 0.3 is 17.9 Å². The van der Waals surface area contributed by atoms with Crippen LogP contribution in [0.2, 0.25) is 0 Å². The first-order chi connectivity index (χ1) is 14.2. The van der Waals surface area contributed by atoms with Crippen LogP contribution in [0.15, 0.2) is 35.4 Å². The second-order valence-corrected chi connectivity index (χ2v) is 6.23. The van der Waals surface area contributed by atoms with Crippen molar-refractivity contribution in [2.24, 2.45) is 5.11 Å². The minimum atomic E-state index is -1.54. The predicted octanol–water partition coefficient (Wildman–Crippen LogP) is 1.46. The van der Waals surface area contributed by atoms with Crippen LogP contribution in [0.25, 0.3) is 10.4 Å². The molecule has 5 atom stereocenters. The number of anilines is 1. The Labute approximate surface area is 171 Å². The minimum Gasteiger partial charge on any atom is -0.455 e. The van der Waals surface area contributed by atoms with Gasteiger partial charge in [0.1, 0.15) is 0 Å². The number of azide groups is 1. The van der Waals surface area contributed by atoms with Gasteiger partial charge in [-0.2, -0.15) is 0 Å². The van der Waals surface area contributed by atoms with E-state index in [9.17, 15) is 19.2 Å². The molecule has 0 aliphatic carbocycles. The molecule has 0 aromatic heterocycles. The van der Waals surface area contributed by atoms with E-state index in [1.54, 1.807) is 30.3 Å². The number of rotatable bonds is 6. The lowest BCUT2D eigenvalue weighted by Crippen LogP contribution is -2.63. The van der Waals surface area contributed by atoms with Crippen molar-refractivity contribution in [3.8, 4) is 0 Å². The standard InChI is InChI=1S/C18H20N4O8/c1-9(23)27-13-14(28-10(2)24)16(29-11(3)25)18(21-22-19)30-15(13)17(26)20-12-7-5-4-6-8-12/h4-8,13-16,18H,1-3H3,(H,20,26)/t13-,14-,15-,16+,18-/m0/s1. The van der Waals surface area contributed by atoms with E-state index in [4.69, 9.17) is 24.5 Å². The molecule has 12 nitrogen and oxygen atoms in total. The third-order valence-corrected chi connectivity index (χ3v) is 3.88. The molecule has 1 aromatic carbocycles. The quantitative estimate of drug-likeness (QED) is 0.237. The Hall–Kier alpha value is -3.63. The van der Waals surface area contributed by atoms with Crippen molar-refractivity contribution in [3.05, 3.63) is 40.8 Å². The largest absolute Gasteiger partial charge is 0.455 e. The number of nitrogens with zero attached hydrogens (tertiary/aromatic N) is 3. The van der Waals surface area contributed by atoms with E-state index in [-0.39, 0.29) is 0 Å². The molecule has 0 unspecified atom stereocenters. The smallest absolute Gasteiger partial charge is 0.303 e. The van der Waals surface area contributed by atoms with Crippen molar-refractivity contribution >= 4 is 29.5 Å². The Bertz CT molecular complexity index is 855. The SMILES string of the molecule is CC(=O)O[C@@H]1[C@@H](OC(C)=O)[C@@H](N=[N+]=[N-])O[C@H](C(=O)Nc2ccccc2)[C@H]1OC(C)=O. The number of carbonyl (C=O) groups excluding carboxylic acids is 4. The van der Waals surface area contributed by atoms with Gasteiger partial charge in [0, 0.05) is 31.4 Å². The summed E-state index contributed by atoms with van der Waals surface area (Å²) in [5.74, 6) is -3.17. The number of ether oxygens (including phenoxy) is 4. The molecule has 1 heterocycles. The zero-order valence-electron chi connectivity index (χ0n) is 16.4. The molecule has 1 amide bonds. The van der Waals surface area contributed by atoms with Crippen LogP contribution in [0.3, 0.4) is 0 Å². The van der Waals surface area contributed by atoms with Gasteiger partial charge in [-0.25, -0.2) is 0 Å². The molecule has 0 spiro atoms. The van der Waals surface area contributed by atoms with E-state index in [1.165, 1.54) is 0 Å². The Kier molecular flexibility index (Phi) is 7.73. The molecule has 1 saturated heterocycles. The number of carbonyl (C=O) groups is 4. The highest BCUT2D eigenvalue weighted by atomic mass is 16.7.